The van der Waals surface area contributed by atoms with Gasteiger partial charge < -0.3 is 14.2 Å². The topological polar surface area (TPSA) is 91.8 Å². The highest BCUT2D eigenvalue weighted by Crippen LogP contribution is 2.39. The molecule has 2 aromatic heterocycles. The highest BCUT2D eigenvalue weighted by molar-refractivity contribution is 7.20. The van der Waals surface area contributed by atoms with Crippen LogP contribution in [0, 0.1) is 0 Å². The molecule has 0 atom stereocenters. The van der Waals surface area contributed by atoms with Crippen molar-refractivity contribution in [2.75, 3.05) is 6.61 Å². The predicted octanol–water partition coefficient (Wildman–Crippen LogP) is 2.32. The van der Waals surface area contributed by atoms with Crippen molar-refractivity contribution in [3.05, 3.63) is 17.1 Å². The molecule has 116 valence electrons. The molecule has 0 unspecified atom stereocenters. The highest BCUT2D eigenvalue weighted by atomic mass is 32.1. The molecule has 2 rings (SSSR count). The van der Waals surface area contributed by atoms with Gasteiger partial charge >= 0.3 is 17.9 Å². The summed E-state index contributed by atoms with van der Waals surface area (Å²) in [6, 6.07) is 1.49. The molecule has 2 heterocycles. The summed E-state index contributed by atoms with van der Waals surface area (Å²) in [6.45, 7) is 4.35. The van der Waals surface area contributed by atoms with E-state index in [1.54, 1.807) is 6.92 Å². The number of carbonyl (C=O) groups is 3. The lowest BCUT2D eigenvalue weighted by Gasteiger charge is -2.04. The van der Waals surface area contributed by atoms with Crippen LogP contribution in [0.3, 0.4) is 0 Å². The van der Waals surface area contributed by atoms with Crippen LogP contribution in [-0.4, -0.2) is 29.5 Å². The second-order valence-electron chi connectivity index (χ2n) is 4.19. The number of fused-ring (bicyclic) bond motifs is 1. The number of hydrogen-bond donors (Lipinski definition) is 0. The lowest BCUT2D eigenvalue weighted by molar-refractivity contribution is -0.132. The lowest BCUT2D eigenvalue weighted by atomic mass is 10.3. The van der Waals surface area contributed by atoms with E-state index in [1.807, 2.05) is 0 Å². The van der Waals surface area contributed by atoms with Crippen molar-refractivity contribution >= 4 is 39.5 Å². The number of esters is 3. The zero-order chi connectivity index (χ0) is 16.3. The van der Waals surface area contributed by atoms with Crippen molar-refractivity contribution < 1.29 is 28.6 Å². The number of ether oxygens (including phenoxy) is 3. The van der Waals surface area contributed by atoms with Gasteiger partial charge in [0.25, 0.3) is 0 Å². The molecule has 0 aliphatic rings. The summed E-state index contributed by atoms with van der Waals surface area (Å²) in [7, 11) is 0. The summed E-state index contributed by atoms with van der Waals surface area (Å²) < 4.78 is 15.0. The molecular weight excluding hydrogens is 310 g/mol. The van der Waals surface area contributed by atoms with Crippen LogP contribution in [0.4, 0.5) is 0 Å². The van der Waals surface area contributed by atoms with Crippen molar-refractivity contribution in [2.24, 2.45) is 0 Å². The van der Waals surface area contributed by atoms with Crippen LogP contribution in [0.25, 0.3) is 10.2 Å². The van der Waals surface area contributed by atoms with Crippen LogP contribution in [0.15, 0.2) is 12.3 Å². The van der Waals surface area contributed by atoms with Crippen molar-refractivity contribution in [3.8, 4) is 11.5 Å². The van der Waals surface area contributed by atoms with Gasteiger partial charge in [0, 0.05) is 13.8 Å². The van der Waals surface area contributed by atoms with Crippen LogP contribution in [-0.2, 0) is 14.3 Å². The third kappa shape index (κ3) is 3.40. The van der Waals surface area contributed by atoms with Crippen molar-refractivity contribution in [2.45, 2.75) is 20.8 Å². The molecule has 0 bridgehead atoms. The molecule has 0 aliphatic carbocycles. The fraction of sp³-hybridized carbons (Fsp3) is 0.286. The van der Waals surface area contributed by atoms with Gasteiger partial charge in [0.05, 0.1) is 18.2 Å². The highest BCUT2D eigenvalue weighted by Gasteiger charge is 2.23. The van der Waals surface area contributed by atoms with Gasteiger partial charge in [-0.25, -0.2) is 9.78 Å². The Kier molecular flexibility index (Phi) is 4.71. The van der Waals surface area contributed by atoms with Crippen molar-refractivity contribution in [3.63, 3.8) is 0 Å². The standard InChI is InChI=1S/C14H13NO6S/c1-4-19-14(18)12-11(21-8(3)17)10-5-9(20-7(2)16)6-15-13(10)22-12/h5-6H,4H2,1-3H3. The van der Waals surface area contributed by atoms with Gasteiger partial charge in [0.15, 0.2) is 10.6 Å². The minimum atomic E-state index is -0.601. The maximum atomic E-state index is 12.0. The van der Waals surface area contributed by atoms with E-state index >= 15 is 0 Å². The van der Waals surface area contributed by atoms with Crippen molar-refractivity contribution in [1.29, 1.82) is 0 Å². The molecule has 8 heteroatoms. The molecule has 0 N–H and O–H groups in total. The Bertz CT molecular complexity index is 751. The van der Waals surface area contributed by atoms with E-state index < -0.39 is 17.9 Å². The Morgan fingerprint density at radius 2 is 1.86 bits per heavy atom. The van der Waals surface area contributed by atoms with Crippen LogP contribution < -0.4 is 9.47 Å². The third-order valence-corrected chi connectivity index (χ3v) is 3.52. The molecule has 7 nitrogen and oxygen atoms in total. The zero-order valence-corrected chi connectivity index (χ0v) is 13.0. The van der Waals surface area contributed by atoms with Gasteiger partial charge in [0.1, 0.15) is 10.6 Å². The average Bonchev–Trinajstić information content (AvgIpc) is 2.76. The lowest BCUT2D eigenvalue weighted by Crippen LogP contribution is -2.08. The van der Waals surface area contributed by atoms with Crippen LogP contribution >= 0.6 is 11.3 Å². The molecule has 2 aromatic rings. The first-order valence-corrected chi connectivity index (χ1v) is 7.20. The quantitative estimate of drug-likeness (QED) is 0.797. The molecule has 0 saturated carbocycles. The predicted molar refractivity (Wildman–Crippen MR) is 78.2 cm³/mol. The van der Waals surface area contributed by atoms with E-state index in [4.69, 9.17) is 14.2 Å². The molecule has 0 fully saturated rings. The van der Waals surface area contributed by atoms with Gasteiger partial charge in [-0.3, -0.25) is 9.59 Å². The SMILES string of the molecule is CCOC(=O)c1sc2ncc(OC(C)=O)cc2c1OC(C)=O. The Labute approximate surface area is 129 Å². The minimum Gasteiger partial charge on any atom is -0.462 e. The normalized spacial score (nSPS) is 10.3. The molecule has 0 spiro atoms. The molecule has 0 amide bonds. The van der Waals surface area contributed by atoms with Gasteiger partial charge in [-0.2, -0.15) is 0 Å². The summed E-state index contributed by atoms with van der Waals surface area (Å²) in [5.41, 5.74) is 0. The van der Waals surface area contributed by atoms with Gasteiger partial charge in [-0.1, -0.05) is 0 Å². The number of rotatable bonds is 4. The van der Waals surface area contributed by atoms with Gasteiger partial charge in [-0.05, 0) is 13.0 Å². The Morgan fingerprint density at radius 1 is 1.18 bits per heavy atom. The monoisotopic (exact) mass is 323 g/mol. The fourth-order valence-electron chi connectivity index (χ4n) is 1.74. The average molecular weight is 323 g/mol. The van der Waals surface area contributed by atoms with E-state index in [0.29, 0.717) is 10.2 Å². The molecule has 22 heavy (non-hydrogen) atoms. The fourth-order valence-corrected chi connectivity index (χ4v) is 2.69. The molecule has 0 aliphatic heterocycles. The summed E-state index contributed by atoms with van der Waals surface area (Å²) in [4.78, 5) is 39.0. The summed E-state index contributed by atoms with van der Waals surface area (Å²) in [5, 5.41) is 0.405. The number of nitrogens with zero attached hydrogens (tertiary/aromatic N) is 1. The maximum absolute atomic E-state index is 12.0. The number of thiophene rings is 1. The number of pyridine rings is 1. The van der Waals surface area contributed by atoms with E-state index in [2.05, 4.69) is 4.98 Å². The minimum absolute atomic E-state index is 0.0625. The zero-order valence-electron chi connectivity index (χ0n) is 12.2. The maximum Gasteiger partial charge on any atom is 0.352 e. The van der Waals surface area contributed by atoms with E-state index in [1.165, 1.54) is 26.1 Å². The second-order valence-corrected chi connectivity index (χ2v) is 5.19. The second kappa shape index (κ2) is 6.52. The van der Waals surface area contributed by atoms with Crippen LogP contribution in [0.2, 0.25) is 0 Å². The largest absolute Gasteiger partial charge is 0.462 e. The van der Waals surface area contributed by atoms with Gasteiger partial charge in [0.2, 0.25) is 0 Å². The molecule has 0 aromatic carbocycles. The Hall–Kier alpha value is -2.48. The number of hydrogen-bond acceptors (Lipinski definition) is 8. The number of aromatic nitrogens is 1. The van der Waals surface area contributed by atoms with Gasteiger partial charge in [-0.15, -0.1) is 11.3 Å². The first kappa shape index (κ1) is 15.9. The first-order chi connectivity index (χ1) is 10.4. The first-order valence-electron chi connectivity index (χ1n) is 6.38. The summed E-state index contributed by atoms with van der Waals surface area (Å²) >= 11 is 1.04. The van der Waals surface area contributed by atoms with E-state index in [9.17, 15) is 14.4 Å². The van der Waals surface area contributed by atoms with Crippen molar-refractivity contribution in [1.82, 2.24) is 4.98 Å². The van der Waals surface area contributed by atoms with E-state index in [-0.39, 0.29) is 23.0 Å². The molecule has 0 saturated heterocycles. The van der Waals surface area contributed by atoms with Crippen LogP contribution in [0.5, 0.6) is 11.5 Å². The number of carbonyl (C=O) groups excluding carboxylic acids is 3. The van der Waals surface area contributed by atoms with Crippen LogP contribution in [0.1, 0.15) is 30.4 Å². The Morgan fingerprint density at radius 3 is 2.45 bits per heavy atom. The third-order valence-electron chi connectivity index (χ3n) is 2.44. The Balaban J connectivity index is 2.57. The molecule has 0 radical (unpaired) electrons. The smallest absolute Gasteiger partial charge is 0.352 e. The van der Waals surface area contributed by atoms with E-state index in [0.717, 1.165) is 11.3 Å². The summed E-state index contributed by atoms with van der Waals surface area (Å²) in [6.07, 6.45) is 1.35. The summed E-state index contributed by atoms with van der Waals surface area (Å²) in [5.74, 6) is -1.43. The molecular formula is C14H13NO6S.